The van der Waals surface area contributed by atoms with E-state index in [-0.39, 0.29) is 5.41 Å². The minimum atomic E-state index is 0.179. The first-order valence-electron chi connectivity index (χ1n) is 7.07. The van der Waals surface area contributed by atoms with Crippen molar-refractivity contribution in [2.45, 2.75) is 32.6 Å². The van der Waals surface area contributed by atoms with Gasteiger partial charge in [0.25, 0.3) is 0 Å². The van der Waals surface area contributed by atoms with E-state index in [2.05, 4.69) is 50.7 Å². The topological polar surface area (TPSA) is 18.5 Å². The molecule has 0 unspecified atom stereocenters. The Hall–Kier alpha value is -0.670. The highest BCUT2D eigenvalue weighted by molar-refractivity contribution is 7.80. The molecule has 0 aromatic heterocycles. The molecule has 0 amide bonds. The van der Waals surface area contributed by atoms with E-state index in [9.17, 15) is 0 Å². The van der Waals surface area contributed by atoms with Crippen molar-refractivity contribution in [2.75, 3.05) is 25.6 Å². The third kappa shape index (κ3) is 3.90. The van der Waals surface area contributed by atoms with E-state index in [1.807, 2.05) is 0 Å². The van der Waals surface area contributed by atoms with Crippen molar-refractivity contribution in [1.82, 2.24) is 0 Å². The standard InChI is InChI=1S/C16H24O2S/c1-13(2)14-3-5-15(6-4-14)18-11-16(12-19)7-9-17-10-8-16/h3-6,13,19H,7-12H2,1-2H3. The van der Waals surface area contributed by atoms with E-state index in [4.69, 9.17) is 9.47 Å². The van der Waals surface area contributed by atoms with Crippen LogP contribution in [-0.4, -0.2) is 25.6 Å². The summed E-state index contributed by atoms with van der Waals surface area (Å²) in [6, 6.07) is 8.44. The van der Waals surface area contributed by atoms with Crippen molar-refractivity contribution in [2.24, 2.45) is 5.41 Å². The molecule has 1 aromatic carbocycles. The van der Waals surface area contributed by atoms with Crippen LogP contribution in [-0.2, 0) is 4.74 Å². The third-order valence-corrected chi connectivity index (χ3v) is 4.65. The molecule has 3 heteroatoms. The maximum absolute atomic E-state index is 5.97. The van der Waals surface area contributed by atoms with Crippen molar-refractivity contribution in [3.8, 4) is 5.75 Å². The maximum atomic E-state index is 5.97. The van der Waals surface area contributed by atoms with Gasteiger partial charge in [-0.15, -0.1) is 0 Å². The van der Waals surface area contributed by atoms with Crippen LogP contribution in [0.15, 0.2) is 24.3 Å². The van der Waals surface area contributed by atoms with Crippen LogP contribution in [0.25, 0.3) is 0 Å². The zero-order chi connectivity index (χ0) is 13.7. The smallest absolute Gasteiger partial charge is 0.119 e. The molecule has 0 spiro atoms. The monoisotopic (exact) mass is 280 g/mol. The van der Waals surface area contributed by atoms with Gasteiger partial charge in [0, 0.05) is 18.6 Å². The van der Waals surface area contributed by atoms with Gasteiger partial charge >= 0.3 is 0 Å². The molecule has 2 nitrogen and oxygen atoms in total. The normalized spacial score (nSPS) is 18.5. The van der Waals surface area contributed by atoms with Crippen LogP contribution < -0.4 is 4.74 Å². The van der Waals surface area contributed by atoms with Crippen LogP contribution in [0.1, 0.15) is 38.2 Å². The largest absolute Gasteiger partial charge is 0.493 e. The van der Waals surface area contributed by atoms with Gasteiger partial charge in [-0.2, -0.15) is 12.6 Å². The lowest BCUT2D eigenvalue weighted by molar-refractivity contribution is 0.00310. The molecule has 2 rings (SSSR count). The Kier molecular flexibility index (Phi) is 5.17. The Balaban J connectivity index is 1.93. The first-order chi connectivity index (χ1) is 9.15. The highest BCUT2D eigenvalue weighted by Crippen LogP contribution is 2.32. The maximum Gasteiger partial charge on any atom is 0.119 e. The van der Waals surface area contributed by atoms with Gasteiger partial charge in [-0.25, -0.2) is 0 Å². The second-order valence-electron chi connectivity index (χ2n) is 5.78. The molecular formula is C16H24O2S. The predicted molar refractivity (Wildman–Crippen MR) is 82.4 cm³/mol. The van der Waals surface area contributed by atoms with E-state index in [0.717, 1.165) is 44.2 Å². The molecule has 1 saturated heterocycles. The number of benzene rings is 1. The molecular weight excluding hydrogens is 256 g/mol. The molecule has 0 aliphatic carbocycles. The number of hydrogen-bond donors (Lipinski definition) is 1. The zero-order valence-corrected chi connectivity index (χ0v) is 12.8. The Bertz CT molecular complexity index is 380. The third-order valence-electron chi connectivity index (χ3n) is 3.98. The molecule has 1 aliphatic heterocycles. The van der Waals surface area contributed by atoms with Crippen LogP contribution in [0.4, 0.5) is 0 Å². The molecule has 1 fully saturated rings. The van der Waals surface area contributed by atoms with Gasteiger partial charge in [0.1, 0.15) is 5.75 Å². The highest BCUT2D eigenvalue weighted by Gasteiger charge is 2.32. The van der Waals surface area contributed by atoms with E-state index < -0.39 is 0 Å². The summed E-state index contributed by atoms with van der Waals surface area (Å²) in [5.74, 6) is 2.38. The first kappa shape index (κ1) is 14.7. The minimum absolute atomic E-state index is 0.179. The van der Waals surface area contributed by atoms with E-state index in [0.29, 0.717) is 5.92 Å². The van der Waals surface area contributed by atoms with Gasteiger partial charge in [-0.1, -0.05) is 26.0 Å². The molecule has 0 saturated carbocycles. The molecule has 19 heavy (non-hydrogen) atoms. The van der Waals surface area contributed by atoms with Crippen LogP contribution >= 0.6 is 12.6 Å². The van der Waals surface area contributed by atoms with Gasteiger partial charge in [0.15, 0.2) is 0 Å². The summed E-state index contributed by atoms with van der Waals surface area (Å²) in [7, 11) is 0. The Morgan fingerprint density at radius 1 is 1.21 bits per heavy atom. The van der Waals surface area contributed by atoms with Crippen molar-refractivity contribution in [3.05, 3.63) is 29.8 Å². The second-order valence-corrected chi connectivity index (χ2v) is 6.10. The lowest BCUT2D eigenvalue weighted by atomic mass is 9.83. The number of rotatable bonds is 5. The minimum Gasteiger partial charge on any atom is -0.493 e. The van der Waals surface area contributed by atoms with E-state index >= 15 is 0 Å². The Labute approximate surface area is 121 Å². The van der Waals surface area contributed by atoms with E-state index in [1.54, 1.807) is 0 Å². The molecule has 0 N–H and O–H groups in total. The molecule has 0 radical (unpaired) electrons. The quantitative estimate of drug-likeness (QED) is 0.824. The Morgan fingerprint density at radius 2 is 1.84 bits per heavy atom. The average molecular weight is 280 g/mol. The molecule has 0 atom stereocenters. The summed E-state index contributed by atoms with van der Waals surface area (Å²) in [5.41, 5.74) is 1.53. The van der Waals surface area contributed by atoms with Crippen LogP contribution in [0.2, 0.25) is 0 Å². The number of hydrogen-bond acceptors (Lipinski definition) is 3. The van der Waals surface area contributed by atoms with E-state index in [1.165, 1.54) is 5.56 Å². The van der Waals surface area contributed by atoms with Crippen LogP contribution in [0.5, 0.6) is 5.75 Å². The lowest BCUT2D eigenvalue weighted by Crippen LogP contribution is -2.36. The molecule has 106 valence electrons. The summed E-state index contributed by atoms with van der Waals surface area (Å²) in [5, 5.41) is 0. The summed E-state index contributed by atoms with van der Waals surface area (Å²) < 4.78 is 11.4. The van der Waals surface area contributed by atoms with Crippen LogP contribution in [0, 0.1) is 5.41 Å². The fourth-order valence-corrected chi connectivity index (χ4v) is 2.75. The van der Waals surface area contributed by atoms with Crippen LogP contribution in [0.3, 0.4) is 0 Å². The summed E-state index contributed by atoms with van der Waals surface area (Å²) in [6.45, 7) is 6.80. The van der Waals surface area contributed by atoms with Crippen molar-refractivity contribution >= 4 is 12.6 Å². The van der Waals surface area contributed by atoms with Gasteiger partial charge in [0.2, 0.25) is 0 Å². The lowest BCUT2D eigenvalue weighted by Gasteiger charge is -2.35. The molecule has 1 heterocycles. The van der Waals surface area contributed by atoms with Gasteiger partial charge in [-0.3, -0.25) is 0 Å². The SMILES string of the molecule is CC(C)c1ccc(OCC2(CS)CCOCC2)cc1. The van der Waals surface area contributed by atoms with Crippen molar-refractivity contribution in [3.63, 3.8) is 0 Å². The van der Waals surface area contributed by atoms with Gasteiger partial charge in [0.05, 0.1) is 6.61 Å². The molecule has 1 aromatic rings. The van der Waals surface area contributed by atoms with Gasteiger partial charge < -0.3 is 9.47 Å². The predicted octanol–water partition coefficient (Wildman–Crippen LogP) is 3.92. The van der Waals surface area contributed by atoms with Crippen molar-refractivity contribution < 1.29 is 9.47 Å². The Morgan fingerprint density at radius 3 is 2.37 bits per heavy atom. The average Bonchev–Trinajstić information content (AvgIpc) is 2.46. The summed E-state index contributed by atoms with van der Waals surface area (Å²) in [4.78, 5) is 0. The molecule has 1 aliphatic rings. The van der Waals surface area contributed by atoms with Crippen molar-refractivity contribution in [1.29, 1.82) is 0 Å². The first-order valence-corrected chi connectivity index (χ1v) is 7.70. The number of ether oxygens (including phenoxy) is 2. The summed E-state index contributed by atoms with van der Waals surface area (Å²) in [6.07, 6.45) is 2.08. The number of thiol groups is 1. The highest BCUT2D eigenvalue weighted by atomic mass is 32.1. The zero-order valence-electron chi connectivity index (χ0n) is 11.9. The van der Waals surface area contributed by atoms with Gasteiger partial charge in [-0.05, 0) is 42.2 Å². The fraction of sp³-hybridized carbons (Fsp3) is 0.625. The second kappa shape index (κ2) is 6.67. The molecule has 0 bridgehead atoms. The summed E-state index contributed by atoms with van der Waals surface area (Å²) >= 11 is 4.50. The fourth-order valence-electron chi connectivity index (χ4n) is 2.34.